The molecular formula is C30H28O8S. The summed E-state index contributed by atoms with van der Waals surface area (Å²) < 4.78 is 29.4. The van der Waals surface area contributed by atoms with Crippen LogP contribution < -0.4 is 4.74 Å². The molecular weight excluding hydrogens is 520 g/mol. The van der Waals surface area contributed by atoms with Crippen LogP contribution in [0.4, 0.5) is 0 Å². The van der Waals surface area contributed by atoms with E-state index in [2.05, 4.69) is 12.1 Å². The highest BCUT2D eigenvalue weighted by molar-refractivity contribution is 7.99. The molecule has 0 aromatic heterocycles. The standard InChI is InChI=1S/C30H28O8S/c1-20(32)34-15-16-36-28-22(17-27(33)35-14-13-31)11-12-25-29(28)39-26-10-6-5-9-24(26)30(25)37-18-23(19-38-30)21-7-3-2-4-8-21/h2-13,23H,14-19H2,1H3. The molecule has 0 amide bonds. The summed E-state index contributed by atoms with van der Waals surface area (Å²) >= 11 is 1.50. The van der Waals surface area contributed by atoms with Crippen LogP contribution in [0, 0.1) is 0 Å². The largest absolute Gasteiger partial charge is 0.489 e. The zero-order valence-electron chi connectivity index (χ0n) is 21.4. The molecule has 2 aliphatic rings. The van der Waals surface area contributed by atoms with Crippen LogP contribution in [0.3, 0.4) is 0 Å². The van der Waals surface area contributed by atoms with Gasteiger partial charge in [-0.2, -0.15) is 0 Å². The van der Waals surface area contributed by atoms with Gasteiger partial charge in [-0.3, -0.25) is 14.4 Å². The van der Waals surface area contributed by atoms with E-state index in [1.54, 1.807) is 6.07 Å². The number of fused-ring (bicyclic) bond motifs is 4. The number of carbonyl (C=O) groups is 3. The summed E-state index contributed by atoms with van der Waals surface area (Å²) in [6, 6.07) is 21.7. The second kappa shape index (κ2) is 12.0. The third-order valence-electron chi connectivity index (χ3n) is 6.53. The fraction of sp³-hybridized carbons (Fsp3) is 0.300. The summed E-state index contributed by atoms with van der Waals surface area (Å²) in [5, 5.41) is 0. The van der Waals surface area contributed by atoms with Gasteiger partial charge in [-0.1, -0.05) is 72.4 Å². The molecule has 0 aliphatic carbocycles. The lowest BCUT2D eigenvalue weighted by Crippen LogP contribution is -2.44. The van der Waals surface area contributed by atoms with Gasteiger partial charge in [0.1, 0.15) is 25.6 Å². The summed E-state index contributed by atoms with van der Waals surface area (Å²) in [5.74, 6) is -1.59. The van der Waals surface area contributed by atoms with E-state index in [1.165, 1.54) is 18.7 Å². The van der Waals surface area contributed by atoms with E-state index in [0.717, 1.165) is 26.5 Å². The molecule has 0 saturated carbocycles. The molecule has 0 atom stereocenters. The summed E-state index contributed by atoms with van der Waals surface area (Å²) in [6.45, 7) is 2.04. The maximum atomic E-state index is 12.4. The number of benzene rings is 3. The molecule has 3 aromatic rings. The predicted octanol–water partition coefficient (Wildman–Crippen LogP) is 4.41. The van der Waals surface area contributed by atoms with Gasteiger partial charge in [0, 0.05) is 34.4 Å². The summed E-state index contributed by atoms with van der Waals surface area (Å²) in [4.78, 5) is 36.0. The average Bonchev–Trinajstić information content (AvgIpc) is 2.96. The van der Waals surface area contributed by atoms with Crippen LogP contribution in [0.2, 0.25) is 0 Å². The molecule has 2 aliphatic heterocycles. The van der Waals surface area contributed by atoms with Crippen molar-refractivity contribution in [3.8, 4) is 5.75 Å². The molecule has 2 heterocycles. The van der Waals surface area contributed by atoms with Gasteiger partial charge in [-0.05, 0) is 11.6 Å². The molecule has 202 valence electrons. The Balaban J connectivity index is 1.52. The number of rotatable bonds is 9. The van der Waals surface area contributed by atoms with E-state index >= 15 is 0 Å². The average molecular weight is 549 g/mol. The first kappa shape index (κ1) is 26.9. The number of hydrogen-bond acceptors (Lipinski definition) is 9. The van der Waals surface area contributed by atoms with Crippen molar-refractivity contribution >= 4 is 30.0 Å². The van der Waals surface area contributed by atoms with Crippen molar-refractivity contribution in [1.29, 1.82) is 0 Å². The number of hydrogen-bond donors (Lipinski definition) is 0. The fourth-order valence-electron chi connectivity index (χ4n) is 4.76. The zero-order valence-corrected chi connectivity index (χ0v) is 22.2. The third kappa shape index (κ3) is 5.71. The first-order valence-corrected chi connectivity index (χ1v) is 13.5. The molecule has 0 radical (unpaired) electrons. The summed E-state index contributed by atoms with van der Waals surface area (Å²) in [5.41, 5.74) is 3.39. The molecule has 39 heavy (non-hydrogen) atoms. The van der Waals surface area contributed by atoms with Crippen molar-refractivity contribution in [1.82, 2.24) is 0 Å². The molecule has 9 heteroatoms. The SMILES string of the molecule is CC(=O)OCCOc1c(CC(=O)OCC=O)ccc2c1Sc1ccccc1C21OCC(c2ccccc2)CO1. The highest BCUT2D eigenvalue weighted by Gasteiger charge is 2.48. The van der Waals surface area contributed by atoms with E-state index in [4.69, 9.17) is 23.7 Å². The second-order valence-electron chi connectivity index (χ2n) is 9.09. The second-order valence-corrected chi connectivity index (χ2v) is 10.1. The van der Waals surface area contributed by atoms with Crippen molar-refractivity contribution in [2.45, 2.75) is 34.8 Å². The van der Waals surface area contributed by atoms with Crippen molar-refractivity contribution in [3.05, 3.63) is 89.0 Å². The highest BCUT2D eigenvalue weighted by Crippen LogP contribution is 2.55. The number of ether oxygens (including phenoxy) is 5. The van der Waals surface area contributed by atoms with Gasteiger partial charge in [0.2, 0.25) is 5.79 Å². The highest BCUT2D eigenvalue weighted by atomic mass is 32.2. The van der Waals surface area contributed by atoms with Crippen molar-refractivity contribution < 1.29 is 38.1 Å². The van der Waals surface area contributed by atoms with E-state index in [0.29, 0.717) is 30.8 Å². The van der Waals surface area contributed by atoms with E-state index in [-0.39, 0.29) is 32.2 Å². The van der Waals surface area contributed by atoms with Crippen LogP contribution in [-0.4, -0.2) is 51.3 Å². The maximum absolute atomic E-state index is 12.4. The monoisotopic (exact) mass is 548 g/mol. The summed E-state index contributed by atoms with van der Waals surface area (Å²) in [6.07, 6.45) is 0.426. The van der Waals surface area contributed by atoms with Gasteiger partial charge < -0.3 is 23.7 Å². The van der Waals surface area contributed by atoms with Crippen LogP contribution in [0.15, 0.2) is 76.5 Å². The van der Waals surface area contributed by atoms with Gasteiger partial charge in [-0.15, -0.1) is 0 Å². The van der Waals surface area contributed by atoms with E-state index < -0.39 is 17.7 Å². The Labute approximate surface area is 230 Å². The zero-order chi connectivity index (χ0) is 27.2. The molecule has 1 saturated heterocycles. The molecule has 1 fully saturated rings. The molecule has 5 rings (SSSR count). The van der Waals surface area contributed by atoms with E-state index in [1.807, 2.05) is 48.5 Å². The van der Waals surface area contributed by atoms with Gasteiger partial charge in [0.05, 0.1) is 24.5 Å². The number of esters is 2. The van der Waals surface area contributed by atoms with Gasteiger partial charge >= 0.3 is 11.9 Å². The molecule has 8 nitrogen and oxygen atoms in total. The lowest BCUT2D eigenvalue weighted by atomic mass is 9.91. The lowest BCUT2D eigenvalue weighted by Gasteiger charge is -2.44. The van der Waals surface area contributed by atoms with Crippen LogP contribution in [0.5, 0.6) is 5.75 Å². The van der Waals surface area contributed by atoms with Gasteiger partial charge in [0.15, 0.2) is 6.29 Å². The third-order valence-corrected chi connectivity index (χ3v) is 7.72. The van der Waals surface area contributed by atoms with Crippen LogP contribution in [-0.2, 0) is 45.5 Å². The number of carbonyl (C=O) groups excluding carboxylic acids is 3. The number of aldehydes is 1. The topological polar surface area (TPSA) is 97.4 Å². The summed E-state index contributed by atoms with van der Waals surface area (Å²) in [7, 11) is 0. The van der Waals surface area contributed by atoms with Crippen LogP contribution in [0.1, 0.15) is 35.1 Å². The first-order valence-electron chi connectivity index (χ1n) is 12.6. The van der Waals surface area contributed by atoms with E-state index in [9.17, 15) is 14.4 Å². The van der Waals surface area contributed by atoms with Crippen molar-refractivity contribution in [2.24, 2.45) is 0 Å². The Morgan fingerprint density at radius 2 is 1.69 bits per heavy atom. The van der Waals surface area contributed by atoms with Crippen LogP contribution >= 0.6 is 11.8 Å². The van der Waals surface area contributed by atoms with Gasteiger partial charge in [-0.25, -0.2) is 0 Å². The maximum Gasteiger partial charge on any atom is 0.310 e. The predicted molar refractivity (Wildman–Crippen MR) is 142 cm³/mol. The molecule has 0 bridgehead atoms. The minimum absolute atomic E-state index is 0.0478. The minimum Gasteiger partial charge on any atom is -0.489 e. The quantitative estimate of drug-likeness (QED) is 0.219. The first-order chi connectivity index (χ1) is 19.0. The molecule has 0 unspecified atom stereocenters. The van der Waals surface area contributed by atoms with Crippen molar-refractivity contribution in [2.75, 3.05) is 33.0 Å². The lowest BCUT2D eigenvalue weighted by molar-refractivity contribution is -0.259. The van der Waals surface area contributed by atoms with Gasteiger partial charge in [0.25, 0.3) is 0 Å². The fourth-order valence-corrected chi connectivity index (χ4v) is 6.03. The Morgan fingerprint density at radius 3 is 2.44 bits per heavy atom. The molecule has 3 aromatic carbocycles. The smallest absolute Gasteiger partial charge is 0.310 e. The Kier molecular flexibility index (Phi) is 8.30. The molecule has 0 N–H and O–H groups in total. The van der Waals surface area contributed by atoms with Crippen molar-refractivity contribution in [3.63, 3.8) is 0 Å². The van der Waals surface area contributed by atoms with Crippen LogP contribution in [0.25, 0.3) is 0 Å². The minimum atomic E-state index is -1.16. The molecule has 1 spiro atoms. The normalized spacial score (nSPS) is 19.5. The Bertz CT molecular complexity index is 1350. The Morgan fingerprint density at radius 1 is 0.949 bits per heavy atom. The Hall–Kier alpha value is -3.66.